The average molecular weight is 371 g/mol. The maximum absolute atomic E-state index is 13.3. The van der Waals surface area contributed by atoms with E-state index >= 15 is 0 Å². The van der Waals surface area contributed by atoms with Crippen molar-refractivity contribution < 1.29 is 19.1 Å². The highest BCUT2D eigenvalue weighted by molar-refractivity contribution is 6.15. The third-order valence-electron chi connectivity index (χ3n) is 6.10. The van der Waals surface area contributed by atoms with Crippen molar-refractivity contribution in [3.63, 3.8) is 0 Å². The number of benzene rings is 1. The van der Waals surface area contributed by atoms with E-state index in [1.54, 1.807) is 7.11 Å². The number of carbonyl (C=O) groups is 3. The normalized spacial score (nSPS) is 31.8. The van der Waals surface area contributed by atoms with Gasteiger partial charge in [0.15, 0.2) is 0 Å². The Balaban J connectivity index is 1.79. The number of anilines is 1. The predicted octanol–water partition coefficient (Wildman–Crippen LogP) is 1.10. The first-order chi connectivity index (χ1) is 12.9. The van der Waals surface area contributed by atoms with Gasteiger partial charge in [-0.3, -0.25) is 24.6 Å². The number of para-hydroxylation sites is 1. The molecule has 144 valence electrons. The zero-order valence-electron chi connectivity index (χ0n) is 15.8. The molecule has 7 heteroatoms. The molecule has 3 aliphatic rings. The Morgan fingerprint density at radius 3 is 2.63 bits per heavy atom. The third-order valence-corrected chi connectivity index (χ3v) is 6.10. The number of carbonyl (C=O) groups excluding carboxylic acids is 3. The molecule has 27 heavy (non-hydrogen) atoms. The number of hydrogen-bond donors (Lipinski definition) is 2. The number of likely N-dealkylation sites (tertiary alicyclic amines) is 1. The molecule has 2 N–H and O–H groups in total. The van der Waals surface area contributed by atoms with Crippen molar-refractivity contribution in [2.24, 2.45) is 17.8 Å². The number of hydrogen-bond acceptors (Lipinski definition) is 5. The topological polar surface area (TPSA) is 87.7 Å². The fourth-order valence-electron chi connectivity index (χ4n) is 4.91. The summed E-state index contributed by atoms with van der Waals surface area (Å²) in [6, 6.07) is 7.17. The summed E-state index contributed by atoms with van der Waals surface area (Å²) in [6.45, 7) is 4.82. The van der Waals surface area contributed by atoms with Crippen LogP contribution in [0.1, 0.15) is 25.8 Å². The molecular weight excluding hydrogens is 346 g/mol. The number of methoxy groups -OCH3 is 1. The standard InChI is InChI=1S/C20H25N3O4/c1-11(2)16-14-15(18(25)23(17(14)24)9-6-10-27-3)20(22-16)12-7-4-5-8-13(12)21-19(20)26/h4-5,7-8,11,14-16,22H,6,9-10H2,1-3H3,(H,21,26)/t14-,15-,16-,20-/m0/s1. The van der Waals surface area contributed by atoms with Gasteiger partial charge < -0.3 is 10.1 Å². The Kier molecular flexibility index (Phi) is 4.31. The highest BCUT2D eigenvalue weighted by Crippen LogP contribution is 2.53. The minimum atomic E-state index is -1.18. The van der Waals surface area contributed by atoms with E-state index in [9.17, 15) is 14.4 Å². The van der Waals surface area contributed by atoms with Crippen molar-refractivity contribution in [1.82, 2.24) is 10.2 Å². The summed E-state index contributed by atoms with van der Waals surface area (Å²) in [5.41, 5.74) is 0.281. The molecule has 4 atom stereocenters. The van der Waals surface area contributed by atoms with E-state index in [4.69, 9.17) is 4.74 Å². The van der Waals surface area contributed by atoms with E-state index in [0.717, 1.165) is 5.56 Å². The number of rotatable bonds is 5. The van der Waals surface area contributed by atoms with E-state index < -0.39 is 17.4 Å². The lowest BCUT2D eigenvalue weighted by Gasteiger charge is -2.30. The summed E-state index contributed by atoms with van der Waals surface area (Å²) in [4.78, 5) is 40.9. The molecular formula is C20H25N3O4. The fourth-order valence-corrected chi connectivity index (χ4v) is 4.91. The van der Waals surface area contributed by atoms with Crippen LogP contribution >= 0.6 is 0 Å². The summed E-state index contributed by atoms with van der Waals surface area (Å²) >= 11 is 0. The van der Waals surface area contributed by atoms with Gasteiger partial charge in [-0.2, -0.15) is 0 Å². The second-order valence-electron chi connectivity index (χ2n) is 7.90. The maximum Gasteiger partial charge on any atom is 0.250 e. The molecule has 2 fully saturated rings. The summed E-state index contributed by atoms with van der Waals surface area (Å²) in [6.07, 6.45) is 0.586. The van der Waals surface area contributed by atoms with E-state index in [1.807, 2.05) is 38.1 Å². The highest BCUT2D eigenvalue weighted by atomic mass is 16.5. The van der Waals surface area contributed by atoms with E-state index in [-0.39, 0.29) is 29.7 Å². The van der Waals surface area contributed by atoms with Crippen LogP contribution in [0.5, 0.6) is 0 Å². The van der Waals surface area contributed by atoms with Crippen LogP contribution in [-0.4, -0.2) is 48.9 Å². The zero-order valence-corrected chi connectivity index (χ0v) is 15.8. The number of nitrogens with zero attached hydrogens (tertiary/aromatic N) is 1. The monoisotopic (exact) mass is 371 g/mol. The molecule has 0 aliphatic carbocycles. The Hall–Kier alpha value is -2.25. The summed E-state index contributed by atoms with van der Waals surface area (Å²) in [5.74, 6) is -1.83. The molecule has 1 aromatic carbocycles. The largest absolute Gasteiger partial charge is 0.385 e. The summed E-state index contributed by atoms with van der Waals surface area (Å²) in [5, 5.41) is 6.32. The van der Waals surface area contributed by atoms with Crippen molar-refractivity contribution >= 4 is 23.4 Å². The predicted molar refractivity (Wildman–Crippen MR) is 98.7 cm³/mol. The maximum atomic E-state index is 13.3. The zero-order chi connectivity index (χ0) is 19.3. The molecule has 3 aliphatic heterocycles. The molecule has 0 bridgehead atoms. The van der Waals surface area contributed by atoms with Gasteiger partial charge in [-0.05, 0) is 18.4 Å². The molecule has 0 unspecified atom stereocenters. The first kappa shape index (κ1) is 18.1. The first-order valence-corrected chi connectivity index (χ1v) is 9.46. The molecule has 1 spiro atoms. The van der Waals surface area contributed by atoms with Crippen molar-refractivity contribution in [1.29, 1.82) is 0 Å². The van der Waals surface area contributed by atoms with Gasteiger partial charge >= 0.3 is 0 Å². The molecule has 2 saturated heterocycles. The lowest BCUT2D eigenvalue weighted by atomic mass is 9.76. The summed E-state index contributed by atoms with van der Waals surface area (Å²) in [7, 11) is 1.59. The van der Waals surface area contributed by atoms with Crippen LogP contribution in [0.25, 0.3) is 0 Å². The molecule has 4 rings (SSSR count). The molecule has 0 radical (unpaired) electrons. The van der Waals surface area contributed by atoms with Gasteiger partial charge in [0.2, 0.25) is 17.7 Å². The summed E-state index contributed by atoms with van der Waals surface area (Å²) < 4.78 is 5.06. The van der Waals surface area contributed by atoms with Crippen molar-refractivity contribution in [2.75, 3.05) is 25.6 Å². The smallest absolute Gasteiger partial charge is 0.250 e. The number of nitrogens with one attached hydrogen (secondary N) is 2. The molecule has 3 heterocycles. The first-order valence-electron chi connectivity index (χ1n) is 9.46. The van der Waals surface area contributed by atoms with Crippen LogP contribution in [0.15, 0.2) is 24.3 Å². The highest BCUT2D eigenvalue weighted by Gasteiger charge is 2.70. The molecule has 7 nitrogen and oxygen atoms in total. The Morgan fingerprint density at radius 2 is 1.93 bits per heavy atom. The number of amides is 3. The van der Waals surface area contributed by atoms with Crippen molar-refractivity contribution in [3.8, 4) is 0 Å². The van der Waals surface area contributed by atoms with E-state index in [1.165, 1.54) is 4.90 Å². The Labute approximate surface area is 158 Å². The van der Waals surface area contributed by atoms with E-state index in [2.05, 4.69) is 10.6 Å². The van der Waals surface area contributed by atoms with Crippen LogP contribution < -0.4 is 10.6 Å². The second kappa shape index (κ2) is 6.42. The van der Waals surface area contributed by atoms with E-state index in [0.29, 0.717) is 25.3 Å². The Bertz CT molecular complexity index is 808. The van der Waals surface area contributed by atoms with Gasteiger partial charge in [0.25, 0.3) is 0 Å². The lowest BCUT2D eigenvalue weighted by Crippen LogP contribution is -2.54. The van der Waals surface area contributed by atoms with Gasteiger partial charge in [-0.1, -0.05) is 32.0 Å². The minimum absolute atomic E-state index is 0.105. The van der Waals surface area contributed by atoms with Crippen LogP contribution in [-0.2, 0) is 24.7 Å². The second-order valence-corrected chi connectivity index (χ2v) is 7.90. The third kappa shape index (κ3) is 2.38. The van der Waals surface area contributed by atoms with Gasteiger partial charge in [0, 0.05) is 37.6 Å². The van der Waals surface area contributed by atoms with Crippen LogP contribution in [0, 0.1) is 17.8 Å². The fraction of sp³-hybridized carbons (Fsp3) is 0.550. The quantitative estimate of drug-likeness (QED) is 0.598. The van der Waals surface area contributed by atoms with Crippen molar-refractivity contribution in [3.05, 3.63) is 29.8 Å². The molecule has 0 aromatic heterocycles. The Morgan fingerprint density at radius 1 is 1.19 bits per heavy atom. The average Bonchev–Trinajstić information content (AvgIpc) is 3.22. The van der Waals surface area contributed by atoms with Crippen LogP contribution in [0.2, 0.25) is 0 Å². The molecule has 3 amide bonds. The SMILES string of the molecule is COCCCN1C(=O)[C@H]2[C@@H](C1=O)[C@]1(N[C@H]2C(C)C)C(=O)Nc2ccccc21. The molecule has 0 saturated carbocycles. The van der Waals surface area contributed by atoms with Crippen molar-refractivity contribution in [2.45, 2.75) is 31.8 Å². The van der Waals surface area contributed by atoms with Crippen LogP contribution in [0.3, 0.4) is 0 Å². The lowest BCUT2D eigenvalue weighted by molar-refractivity contribution is -0.143. The number of ether oxygens (including phenoxy) is 1. The van der Waals surface area contributed by atoms with Gasteiger partial charge in [-0.15, -0.1) is 0 Å². The van der Waals surface area contributed by atoms with Crippen LogP contribution in [0.4, 0.5) is 5.69 Å². The van der Waals surface area contributed by atoms with Gasteiger partial charge in [0.1, 0.15) is 5.54 Å². The number of fused-ring (bicyclic) bond motifs is 4. The molecule has 1 aromatic rings. The van der Waals surface area contributed by atoms with Gasteiger partial charge in [-0.25, -0.2) is 0 Å². The number of imide groups is 1. The van der Waals surface area contributed by atoms with Gasteiger partial charge in [0.05, 0.1) is 11.8 Å². The minimum Gasteiger partial charge on any atom is -0.385 e.